The van der Waals surface area contributed by atoms with Crippen LogP contribution in [0.3, 0.4) is 0 Å². The molecule has 0 aliphatic heterocycles. The van der Waals surface area contributed by atoms with Gasteiger partial charge in [-0.15, -0.1) is 0 Å². The van der Waals surface area contributed by atoms with Crippen LogP contribution in [-0.4, -0.2) is 18.0 Å². The first-order chi connectivity index (χ1) is 13.9. The van der Waals surface area contributed by atoms with Gasteiger partial charge in [0.2, 0.25) is 5.76 Å². The van der Waals surface area contributed by atoms with Crippen molar-refractivity contribution in [3.05, 3.63) is 83.3 Å². The van der Waals surface area contributed by atoms with Gasteiger partial charge >= 0.3 is 5.97 Å². The van der Waals surface area contributed by atoms with Gasteiger partial charge < -0.3 is 19.2 Å². The van der Waals surface area contributed by atoms with Crippen molar-refractivity contribution in [2.45, 2.75) is 33.5 Å². The number of amides is 1. The van der Waals surface area contributed by atoms with Crippen molar-refractivity contribution < 1.29 is 23.5 Å². The lowest BCUT2D eigenvalue weighted by atomic mass is 10.1. The molecular formula is C23H23NO5. The number of carbonyl (C=O) groups is 2. The molecule has 0 aliphatic rings. The van der Waals surface area contributed by atoms with E-state index in [1.807, 2.05) is 56.3 Å². The van der Waals surface area contributed by atoms with Crippen LogP contribution >= 0.6 is 0 Å². The summed E-state index contributed by atoms with van der Waals surface area (Å²) >= 11 is 0. The molecule has 0 aliphatic carbocycles. The molecule has 1 amide bonds. The van der Waals surface area contributed by atoms with Crippen molar-refractivity contribution >= 4 is 17.6 Å². The molecule has 3 aromatic rings. The minimum absolute atomic E-state index is 0.0162. The third-order valence-corrected chi connectivity index (χ3v) is 4.41. The number of nitrogens with one attached hydrogen (secondary N) is 1. The Morgan fingerprint density at radius 2 is 1.76 bits per heavy atom. The molecule has 1 atom stereocenters. The molecule has 0 saturated heterocycles. The van der Waals surface area contributed by atoms with Crippen LogP contribution in [0.4, 0.5) is 5.69 Å². The van der Waals surface area contributed by atoms with E-state index in [1.165, 1.54) is 13.0 Å². The lowest BCUT2D eigenvalue weighted by Gasteiger charge is -2.13. The molecule has 1 aromatic heterocycles. The Hall–Kier alpha value is -3.54. The normalized spacial score (nSPS) is 11.6. The number of hydrogen-bond acceptors (Lipinski definition) is 5. The number of ether oxygens (including phenoxy) is 2. The van der Waals surface area contributed by atoms with E-state index in [1.54, 1.807) is 12.1 Å². The van der Waals surface area contributed by atoms with Crippen molar-refractivity contribution in [2.24, 2.45) is 0 Å². The smallest absolute Gasteiger partial charge is 0.375 e. The van der Waals surface area contributed by atoms with Crippen LogP contribution in [0.25, 0.3) is 0 Å². The number of esters is 1. The molecule has 6 heteroatoms. The van der Waals surface area contributed by atoms with Gasteiger partial charge in [-0.05, 0) is 68.3 Å². The number of furan rings is 1. The predicted molar refractivity (Wildman–Crippen MR) is 109 cm³/mol. The summed E-state index contributed by atoms with van der Waals surface area (Å²) in [4.78, 5) is 24.6. The van der Waals surface area contributed by atoms with Gasteiger partial charge in [0.1, 0.15) is 18.1 Å². The van der Waals surface area contributed by atoms with Crippen molar-refractivity contribution in [3.63, 3.8) is 0 Å². The van der Waals surface area contributed by atoms with Crippen molar-refractivity contribution in [3.8, 4) is 5.75 Å². The minimum atomic E-state index is -0.974. The van der Waals surface area contributed by atoms with E-state index in [2.05, 4.69) is 5.32 Å². The Bertz CT molecular complexity index is 994. The highest BCUT2D eigenvalue weighted by atomic mass is 16.6. The number of anilines is 1. The molecule has 3 rings (SSSR count). The molecule has 0 spiro atoms. The zero-order valence-corrected chi connectivity index (χ0v) is 16.6. The Morgan fingerprint density at radius 1 is 1.00 bits per heavy atom. The van der Waals surface area contributed by atoms with Crippen molar-refractivity contribution in [1.29, 1.82) is 0 Å². The van der Waals surface area contributed by atoms with Gasteiger partial charge in [-0.2, -0.15) is 0 Å². The lowest BCUT2D eigenvalue weighted by Crippen LogP contribution is -2.29. The van der Waals surface area contributed by atoms with E-state index < -0.39 is 18.0 Å². The molecule has 0 saturated carbocycles. The molecule has 29 heavy (non-hydrogen) atoms. The topological polar surface area (TPSA) is 77.8 Å². The summed E-state index contributed by atoms with van der Waals surface area (Å²) in [6, 6.07) is 18.0. The van der Waals surface area contributed by atoms with Gasteiger partial charge in [-0.1, -0.05) is 24.3 Å². The molecule has 1 heterocycles. The number of carbonyl (C=O) groups excluding carboxylic acids is 2. The first kappa shape index (κ1) is 20.2. The summed E-state index contributed by atoms with van der Waals surface area (Å²) in [5.41, 5.74) is 2.85. The van der Waals surface area contributed by atoms with Gasteiger partial charge in [0.15, 0.2) is 6.10 Å². The van der Waals surface area contributed by atoms with Crippen LogP contribution in [0.2, 0.25) is 0 Å². The van der Waals surface area contributed by atoms with E-state index in [9.17, 15) is 9.59 Å². The largest absolute Gasteiger partial charge is 0.486 e. The van der Waals surface area contributed by atoms with E-state index in [0.29, 0.717) is 17.2 Å². The highest BCUT2D eigenvalue weighted by Gasteiger charge is 2.21. The Labute approximate surface area is 169 Å². The summed E-state index contributed by atoms with van der Waals surface area (Å²) < 4.78 is 16.3. The Kier molecular flexibility index (Phi) is 6.34. The van der Waals surface area contributed by atoms with Crippen LogP contribution in [0.1, 0.15) is 34.4 Å². The maximum Gasteiger partial charge on any atom is 0.375 e. The molecule has 6 nitrogen and oxygen atoms in total. The summed E-state index contributed by atoms with van der Waals surface area (Å²) in [6.07, 6.45) is -0.974. The summed E-state index contributed by atoms with van der Waals surface area (Å²) in [5, 5.41) is 2.74. The number of hydrogen-bond donors (Lipinski definition) is 1. The van der Waals surface area contributed by atoms with E-state index in [4.69, 9.17) is 13.9 Å². The highest BCUT2D eigenvalue weighted by Crippen LogP contribution is 2.17. The molecular weight excluding hydrogens is 370 g/mol. The van der Waals surface area contributed by atoms with Crippen LogP contribution in [-0.2, 0) is 16.1 Å². The molecule has 1 N–H and O–H groups in total. The fourth-order valence-corrected chi connectivity index (χ4v) is 2.57. The average molecular weight is 393 g/mol. The van der Waals surface area contributed by atoms with Crippen LogP contribution in [0, 0.1) is 13.8 Å². The average Bonchev–Trinajstić information content (AvgIpc) is 3.19. The monoisotopic (exact) mass is 393 g/mol. The second-order valence-electron chi connectivity index (χ2n) is 6.70. The number of rotatable bonds is 7. The summed E-state index contributed by atoms with van der Waals surface area (Å²) in [6.45, 7) is 5.65. The van der Waals surface area contributed by atoms with E-state index in [0.717, 1.165) is 11.1 Å². The Balaban J connectivity index is 1.53. The highest BCUT2D eigenvalue weighted by molar-refractivity contribution is 5.96. The summed E-state index contributed by atoms with van der Waals surface area (Å²) in [7, 11) is 0. The standard InChI is InChI=1S/C23H23NO5/c1-15-9-10-18(13-16(15)2)24-22(25)17(3)28-23(26)21-12-11-20(29-21)14-27-19-7-5-4-6-8-19/h4-13,17H,14H2,1-3H3,(H,24,25)/t17-/m0/s1. The molecule has 150 valence electrons. The fourth-order valence-electron chi connectivity index (χ4n) is 2.57. The van der Waals surface area contributed by atoms with Gasteiger partial charge in [0.05, 0.1) is 0 Å². The van der Waals surface area contributed by atoms with Crippen molar-refractivity contribution in [2.75, 3.05) is 5.32 Å². The first-order valence-corrected chi connectivity index (χ1v) is 9.28. The zero-order valence-electron chi connectivity index (χ0n) is 16.6. The van der Waals surface area contributed by atoms with Gasteiger partial charge in [0, 0.05) is 5.69 Å². The minimum Gasteiger partial charge on any atom is -0.486 e. The first-order valence-electron chi connectivity index (χ1n) is 9.28. The van der Waals surface area contributed by atoms with Crippen molar-refractivity contribution in [1.82, 2.24) is 0 Å². The fraction of sp³-hybridized carbons (Fsp3) is 0.217. The second kappa shape index (κ2) is 9.10. The van der Waals surface area contributed by atoms with Crippen LogP contribution in [0.15, 0.2) is 65.1 Å². The second-order valence-corrected chi connectivity index (χ2v) is 6.70. The summed E-state index contributed by atoms with van der Waals surface area (Å²) in [5.74, 6) is 0.0692. The molecule has 0 fully saturated rings. The Morgan fingerprint density at radius 3 is 2.48 bits per heavy atom. The van der Waals surface area contributed by atoms with Crippen LogP contribution < -0.4 is 10.1 Å². The predicted octanol–water partition coefficient (Wildman–Crippen LogP) is 4.66. The van der Waals surface area contributed by atoms with Crippen LogP contribution in [0.5, 0.6) is 5.75 Å². The van der Waals surface area contributed by atoms with Gasteiger partial charge in [-0.25, -0.2) is 4.79 Å². The van der Waals surface area contributed by atoms with E-state index >= 15 is 0 Å². The quantitative estimate of drug-likeness (QED) is 0.591. The number of para-hydroxylation sites is 1. The maximum absolute atomic E-state index is 12.3. The molecule has 0 bridgehead atoms. The third kappa shape index (κ3) is 5.48. The van der Waals surface area contributed by atoms with Gasteiger partial charge in [0.25, 0.3) is 5.91 Å². The molecule has 0 radical (unpaired) electrons. The number of aryl methyl sites for hydroxylation is 2. The molecule has 2 aromatic carbocycles. The maximum atomic E-state index is 12.3. The van der Waals surface area contributed by atoms with Gasteiger partial charge in [-0.3, -0.25) is 4.79 Å². The third-order valence-electron chi connectivity index (χ3n) is 4.41. The zero-order chi connectivity index (χ0) is 20.8. The lowest BCUT2D eigenvalue weighted by molar-refractivity contribution is -0.123. The van der Waals surface area contributed by atoms with E-state index in [-0.39, 0.29) is 12.4 Å². The number of benzene rings is 2. The SMILES string of the molecule is Cc1ccc(NC(=O)[C@H](C)OC(=O)c2ccc(COc3ccccc3)o2)cc1C. The molecule has 0 unspecified atom stereocenters.